The van der Waals surface area contributed by atoms with Gasteiger partial charge < -0.3 is 21.5 Å². The van der Waals surface area contributed by atoms with E-state index in [1.165, 1.54) is 0 Å². The number of carbonyl (C=O) groups is 3. The third kappa shape index (κ3) is 6.46. The van der Waals surface area contributed by atoms with Crippen LogP contribution in [0.2, 0.25) is 0 Å². The van der Waals surface area contributed by atoms with Crippen LogP contribution in [0.5, 0.6) is 0 Å². The lowest BCUT2D eigenvalue weighted by atomic mass is 10.1. The molecule has 0 aliphatic rings. The zero-order chi connectivity index (χ0) is 17.9. The molecule has 8 heteroatoms. The highest BCUT2D eigenvalue weighted by Crippen LogP contribution is 2.04. The Bertz CT molecular complexity index is 622. The van der Waals surface area contributed by atoms with Gasteiger partial charge in [-0.3, -0.25) is 9.59 Å². The lowest BCUT2D eigenvalue weighted by molar-refractivity contribution is -0.141. The third-order valence-electron chi connectivity index (χ3n) is 3.30. The second-order valence-corrected chi connectivity index (χ2v) is 5.10. The summed E-state index contributed by atoms with van der Waals surface area (Å²) in [4.78, 5) is 34.0. The number of rotatable bonds is 9. The molecule has 0 unspecified atom stereocenters. The van der Waals surface area contributed by atoms with Crippen molar-refractivity contribution in [2.24, 2.45) is 5.73 Å². The first-order chi connectivity index (χ1) is 11.5. The van der Waals surface area contributed by atoms with Gasteiger partial charge in [-0.2, -0.15) is 5.26 Å². The molecule has 0 heterocycles. The Morgan fingerprint density at radius 3 is 2.42 bits per heavy atom. The van der Waals surface area contributed by atoms with Crippen LogP contribution in [-0.4, -0.2) is 42.0 Å². The summed E-state index contributed by atoms with van der Waals surface area (Å²) in [6, 6.07) is 7.25. The smallest absolute Gasteiger partial charge is 0.326 e. The molecule has 0 spiro atoms. The highest BCUT2D eigenvalue weighted by molar-refractivity contribution is 5.94. The van der Waals surface area contributed by atoms with Crippen molar-refractivity contribution in [2.75, 3.05) is 13.1 Å². The molecule has 0 saturated heterocycles. The highest BCUT2D eigenvalue weighted by Gasteiger charge is 2.18. The first kappa shape index (κ1) is 19.1. The van der Waals surface area contributed by atoms with Crippen molar-refractivity contribution >= 4 is 17.8 Å². The van der Waals surface area contributed by atoms with Gasteiger partial charge in [0.2, 0.25) is 5.91 Å². The first-order valence-corrected chi connectivity index (χ1v) is 7.48. The number of aliphatic carboxylic acids is 1. The Kier molecular flexibility index (Phi) is 7.94. The minimum atomic E-state index is -1.11. The number of hydrogen-bond donors (Lipinski definition) is 4. The van der Waals surface area contributed by atoms with Crippen LogP contribution in [0.25, 0.3) is 0 Å². The number of unbranched alkanes of at least 4 members (excludes halogenated alkanes) is 1. The molecule has 0 aromatic heterocycles. The molecule has 1 rings (SSSR count). The largest absolute Gasteiger partial charge is 0.480 e. The van der Waals surface area contributed by atoms with E-state index in [0.29, 0.717) is 30.5 Å². The average Bonchev–Trinajstić information content (AvgIpc) is 2.59. The van der Waals surface area contributed by atoms with Gasteiger partial charge in [0, 0.05) is 12.1 Å². The molecule has 0 aliphatic heterocycles. The Balaban J connectivity index is 2.31. The maximum absolute atomic E-state index is 11.9. The number of carboxylic acid groups (broad SMARTS) is 1. The first-order valence-electron chi connectivity index (χ1n) is 7.48. The summed E-state index contributed by atoms with van der Waals surface area (Å²) in [6.45, 7) is 0.125. The molecule has 0 saturated carbocycles. The van der Waals surface area contributed by atoms with E-state index in [2.05, 4.69) is 10.6 Å². The third-order valence-corrected chi connectivity index (χ3v) is 3.30. The standard InChI is InChI=1S/C16H20N4O4/c17-9-11-4-6-12(7-5-11)15(22)19-8-2-1-3-13(16(23)24)20-14(21)10-18/h4-7,13H,1-3,8,10,18H2,(H,19,22)(H,20,21)(H,23,24)/t13-/m1/s1. The Hall–Kier alpha value is -2.92. The minimum absolute atomic E-state index is 0.258. The summed E-state index contributed by atoms with van der Waals surface area (Å²) >= 11 is 0. The van der Waals surface area contributed by atoms with E-state index in [9.17, 15) is 14.4 Å². The fourth-order valence-electron chi connectivity index (χ4n) is 1.98. The molecule has 1 atom stereocenters. The fourth-order valence-corrected chi connectivity index (χ4v) is 1.98. The topological polar surface area (TPSA) is 145 Å². The number of carboxylic acids is 1. The molecule has 1 aromatic carbocycles. The minimum Gasteiger partial charge on any atom is -0.480 e. The fraction of sp³-hybridized carbons (Fsp3) is 0.375. The molecule has 0 fully saturated rings. The van der Waals surface area contributed by atoms with Gasteiger partial charge in [0.25, 0.3) is 5.91 Å². The average molecular weight is 332 g/mol. The number of nitrogens with two attached hydrogens (primary N) is 1. The van der Waals surface area contributed by atoms with Crippen molar-refractivity contribution in [2.45, 2.75) is 25.3 Å². The van der Waals surface area contributed by atoms with Crippen LogP contribution < -0.4 is 16.4 Å². The molecule has 0 aliphatic carbocycles. The molecular weight excluding hydrogens is 312 g/mol. The zero-order valence-corrected chi connectivity index (χ0v) is 13.1. The predicted octanol–water partition coefficient (Wildman–Crippen LogP) is -0.0135. The van der Waals surface area contributed by atoms with Crippen LogP contribution in [0, 0.1) is 11.3 Å². The number of nitriles is 1. The van der Waals surface area contributed by atoms with Crippen molar-refractivity contribution in [3.8, 4) is 6.07 Å². The lowest BCUT2D eigenvalue weighted by Gasteiger charge is -2.13. The molecule has 2 amide bonds. The van der Waals surface area contributed by atoms with Crippen LogP contribution in [0.3, 0.4) is 0 Å². The summed E-state index contributed by atoms with van der Waals surface area (Å²) in [5.41, 5.74) is 6.06. The van der Waals surface area contributed by atoms with E-state index < -0.39 is 17.9 Å². The second-order valence-electron chi connectivity index (χ2n) is 5.10. The van der Waals surface area contributed by atoms with E-state index in [1.807, 2.05) is 6.07 Å². The van der Waals surface area contributed by atoms with E-state index in [1.54, 1.807) is 24.3 Å². The van der Waals surface area contributed by atoms with Crippen LogP contribution in [0.15, 0.2) is 24.3 Å². The molecule has 24 heavy (non-hydrogen) atoms. The highest BCUT2D eigenvalue weighted by atomic mass is 16.4. The lowest BCUT2D eigenvalue weighted by Crippen LogP contribution is -2.43. The van der Waals surface area contributed by atoms with Crippen molar-refractivity contribution in [1.29, 1.82) is 5.26 Å². The van der Waals surface area contributed by atoms with Gasteiger partial charge in [-0.1, -0.05) is 0 Å². The number of nitrogens with zero attached hydrogens (tertiary/aromatic N) is 1. The van der Waals surface area contributed by atoms with Gasteiger partial charge in [-0.05, 0) is 43.5 Å². The van der Waals surface area contributed by atoms with E-state index in [4.69, 9.17) is 16.1 Å². The van der Waals surface area contributed by atoms with E-state index in [0.717, 1.165) is 0 Å². The van der Waals surface area contributed by atoms with Crippen LogP contribution >= 0.6 is 0 Å². The number of benzene rings is 1. The summed E-state index contributed by atoms with van der Waals surface area (Å²) in [6.07, 6.45) is 1.35. The van der Waals surface area contributed by atoms with Gasteiger partial charge in [0.15, 0.2) is 0 Å². The van der Waals surface area contributed by atoms with E-state index in [-0.39, 0.29) is 18.9 Å². The van der Waals surface area contributed by atoms with Crippen molar-refractivity contribution in [1.82, 2.24) is 10.6 Å². The van der Waals surface area contributed by atoms with Crippen LogP contribution in [-0.2, 0) is 9.59 Å². The number of amides is 2. The molecule has 1 aromatic rings. The van der Waals surface area contributed by atoms with Crippen LogP contribution in [0.1, 0.15) is 35.2 Å². The number of carbonyl (C=O) groups excluding carboxylic acids is 2. The quantitative estimate of drug-likeness (QED) is 0.468. The van der Waals surface area contributed by atoms with Gasteiger partial charge in [0.1, 0.15) is 6.04 Å². The Morgan fingerprint density at radius 1 is 1.21 bits per heavy atom. The molecule has 128 valence electrons. The van der Waals surface area contributed by atoms with Gasteiger partial charge in [0.05, 0.1) is 18.2 Å². The molecule has 0 radical (unpaired) electrons. The Morgan fingerprint density at radius 2 is 1.88 bits per heavy atom. The maximum Gasteiger partial charge on any atom is 0.326 e. The molecule has 8 nitrogen and oxygen atoms in total. The second kappa shape index (κ2) is 9.97. The zero-order valence-electron chi connectivity index (χ0n) is 13.1. The van der Waals surface area contributed by atoms with Gasteiger partial charge in [-0.25, -0.2) is 4.79 Å². The predicted molar refractivity (Wildman–Crippen MR) is 86.0 cm³/mol. The summed E-state index contributed by atoms with van der Waals surface area (Å²) in [5, 5.41) is 22.7. The molecule has 5 N–H and O–H groups in total. The van der Waals surface area contributed by atoms with E-state index >= 15 is 0 Å². The summed E-state index contributed by atoms with van der Waals surface area (Å²) in [5.74, 6) is -1.89. The van der Waals surface area contributed by atoms with Crippen molar-refractivity contribution < 1.29 is 19.5 Å². The maximum atomic E-state index is 11.9. The van der Waals surface area contributed by atoms with Crippen molar-refractivity contribution in [3.05, 3.63) is 35.4 Å². The molecular formula is C16H20N4O4. The Labute approximate surface area is 139 Å². The normalized spacial score (nSPS) is 11.2. The van der Waals surface area contributed by atoms with Gasteiger partial charge >= 0.3 is 5.97 Å². The summed E-state index contributed by atoms with van der Waals surface area (Å²) < 4.78 is 0. The van der Waals surface area contributed by atoms with Crippen molar-refractivity contribution in [3.63, 3.8) is 0 Å². The van der Waals surface area contributed by atoms with Gasteiger partial charge in [-0.15, -0.1) is 0 Å². The number of hydrogen-bond acceptors (Lipinski definition) is 5. The SMILES string of the molecule is N#Cc1ccc(C(=O)NCCCC[C@@H](NC(=O)CN)C(=O)O)cc1. The summed E-state index contributed by atoms with van der Waals surface area (Å²) in [7, 11) is 0. The molecule has 0 bridgehead atoms. The monoisotopic (exact) mass is 332 g/mol. The van der Waals surface area contributed by atoms with Crippen LogP contribution in [0.4, 0.5) is 0 Å². The number of nitrogens with one attached hydrogen (secondary N) is 2.